The Morgan fingerprint density at radius 3 is 2.63 bits per heavy atom. The molecular weight excluding hydrogens is 240 g/mol. The highest BCUT2D eigenvalue weighted by molar-refractivity contribution is 5.58. The Labute approximate surface area is 112 Å². The molecule has 5 heteroatoms. The van der Waals surface area contributed by atoms with E-state index in [-0.39, 0.29) is 11.4 Å². The summed E-state index contributed by atoms with van der Waals surface area (Å²) in [5, 5.41) is 13.4. The maximum absolute atomic E-state index is 9.16. The van der Waals surface area contributed by atoms with Crippen LogP contribution in [0.4, 0.5) is 5.82 Å². The van der Waals surface area contributed by atoms with E-state index in [4.69, 9.17) is 15.7 Å². The van der Waals surface area contributed by atoms with Gasteiger partial charge in [-0.3, -0.25) is 0 Å². The molecule has 0 unspecified atom stereocenters. The highest BCUT2D eigenvalue weighted by Gasteiger charge is 2.17. The molecule has 0 aliphatic heterocycles. The minimum Gasteiger partial charge on any atom is -0.475 e. The van der Waals surface area contributed by atoms with Gasteiger partial charge in [0.2, 0.25) is 0 Å². The lowest BCUT2D eigenvalue weighted by Crippen LogP contribution is -2.06. The minimum atomic E-state index is 0.282. The molecule has 0 saturated carbocycles. The van der Waals surface area contributed by atoms with Gasteiger partial charge in [0.05, 0.1) is 12.3 Å². The lowest BCUT2D eigenvalue weighted by molar-refractivity contribution is 0.259. The first-order chi connectivity index (χ1) is 9.13. The Morgan fingerprint density at radius 2 is 2.05 bits per heavy atom. The molecule has 0 spiro atoms. The molecular formula is C14H16N4O. The molecule has 0 atom stereocenters. The molecule has 2 N–H and O–H groups in total. The van der Waals surface area contributed by atoms with E-state index >= 15 is 0 Å². The topological polar surface area (TPSA) is 76.9 Å². The van der Waals surface area contributed by atoms with Crippen LogP contribution in [0.15, 0.2) is 30.3 Å². The molecule has 1 aromatic heterocycles. The third-order valence-electron chi connectivity index (χ3n) is 2.55. The van der Waals surface area contributed by atoms with Gasteiger partial charge in [0, 0.05) is 0 Å². The zero-order chi connectivity index (χ0) is 13.8. The van der Waals surface area contributed by atoms with Gasteiger partial charge in [0.25, 0.3) is 5.88 Å². The zero-order valence-electron chi connectivity index (χ0n) is 11.0. The van der Waals surface area contributed by atoms with Crippen LogP contribution in [0.3, 0.4) is 0 Å². The summed E-state index contributed by atoms with van der Waals surface area (Å²) in [5.41, 5.74) is 7.03. The molecule has 2 aromatic rings. The number of para-hydroxylation sites is 1. The molecule has 0 bridgehead atoms. The number of rotatable bonds is 4. The summed E-state index contributed by atoms with van der Waals surface area (Å²) >= 11 is 0. The van der Waals surface area contributed by atoms with Crippen molar-refractivity contribution < 1.29 is 4.74 Å². The van der Waals surface area contributed by atoms with Crippen molar-refractivity contribution in [3.05, 3.63) is 35.9 Å². The lowest BCUT2D eigenvalue weighted by atomic mass is 10.2. The van der Waals surface area contributed by atoms with E-state index in [1.54, 1.807) is 0 Å². The quantitative estimate of drug-likeness (QED) is 0.911. The number of nitrogen functional groups attached to an aromatic ring is 1. The highest BCUT2D eigenvalue weighted by Crippen LogP contribution is 2.26. The smallest absolute Gasteiger partial charge is 0.253 e. The van der Waals surface area contributed by atoms with Crippen molar-refractivity contribution in [2.45, 2.75) is 13.8 Å². The molecule has 0 saturated heterocycles. The highest BCUT2D eigenvalue weighted by atomic mass is 16.5. The molecule has 5 nitrogen and oxygen atoms in total. The Hall–Kier alpha value is -2.48. The molecule has 0 amide bonds. The normalized spacial score (nSPS) is 10.4. The van der Waals surface area contributed by atoms with Gasteiger partial charge in [0.15, 0.2) is 5.56 Å². The number of hydrogen-bond donors (Lipinski definition) is 1. The molecule has 0 aliphatic rings. The summed E-state index contributed by atoms with van der Waals surface area (Å²) in [6.45, 7) is 4.56. The third kappa shape index (κ3) is 2.68. The zero-order valence-corrected chi connectivity index (χ0v) is 11.0. The van der Waals surface area contributed by atoms with Crippen molar-refractivity contribution in [3.8, 4) is 17.6 Å². The summed E-state index contributed by atoms with van der Waals surface area (Å²) in [4.78, 5) is 0. The van der Waals surface area contributed by atoms with Gasteiger partial charge in [0.1, 0.15) is 11.9 Å². The summed E-state index contributed by atoms with van der Waals surface area (Å²) in [6.07, 6.45) is 0. The van der Waals surface area contributed by atoms with Gasteiger partial charge in [-0.25, -0.2) is 4.68 Å². The number of hydrogen-bond acceptors (Lipinski definition) is 4. The van der Waals surface area contributed by atoms with E-state index in [2.05, 4.69) is 5.10 Å². The van der Waals surface area contributed by atoms with Crippen molar-refractivity contribution in [3.63, 3.8) is 0 Å². The molecule has 2 rings (SSSR count). The standard InChI is InChI=1S/C14H16N4O/c1-10(2)9-19-14-12(8-15)13(16)18(17-14)11-6-4-3-5-7-11/h3-7,10H,9,16H2,1-2H3. The van der Waals surface area contributed by atoms with E-state index in [1.807, 2.05) is 50.2 Å². The summed E-state index contributed by atoms with van der Waals surface area (Å²) in [6, 6.07) is 11.5. The predicted molar refractivity (Wildman–Crippen MR) is 73.0 cm³/mol. The van der Waals surface area contributed by atoms with E-state index in [1.165, 1.54) is 4.68 Å². The molecule has 98 valence electrons. The second-order valence-electron chi connectivity index (χ2n) is 4.63. The fraction of sp³-hybridized carbons (Fsp3) is 0.286. The second-order valence-corrected chi connectivity index (χ2v) is 4.63. The summed E-state index contributed by atoms with van der Waals surface area (Å²) in [7, 11) is 0. The maximum Gasteiger partial charge on any atom is 0.253 e. The van der Waals surface area contributed by atoms with Crippen LogP contribution in [0.1, 0.15) is 19.4 Å². The van der Waals surface area contributed by atoms with Gasteiger partial charge in [-0.15, -0.1) is 5.10 Å². The number of aromatic nitrogens is 2. The molecule has 0 aliphatic carbocycles. The van der Waals surface area contributed by atoms with Gasteiger partial charge in [-0.2, -0.15) is 5.26 Å². The Bertz CT molecular complexity index is 596. The van der Waals surface area contributed by atoms with Gasteiger partial charge in [-0.1, -0.05) is 32.0 Å². The summed E-state index contributed by atoms with van der Waals surface area (Å²) < 4.78 is 7.06. The first-order valence-electron chi connectivity index (χ1n) is 6.10. The van der Waals surface area contributed by atoms with Crippen LogP contribution in [0.5, 0.6) is 5.88 Å². The largest absolute Gasteiger partial charge is 0.475 e. The van der Waals surface area contributed by atoms with Crippen molar-refractivity contribution in [1.82, 2.24) is 9.78 Å². The summed E-state index contributed by atoms with van der Waals surface area (Å²) in [5.74, 6) is 0.944. The average molecular weight is 256 g/mol. The monoisotopic (exact) mass is 256 g/mol. The third-order valence-corrected chi connectivity index (χ3v) is 2.55. The van der Waals surface area contributed by atoms with Crippen LogP contribution in [0.2, 0.25) is 0 Å². The van der Waals surface area contributed by atoms with Gasteiger partial charge in [-0.05, 0) is 18.1 Å². The number of nitrogens with two attached hydrogens (primary N) is 1. The minimum absolute atomic E-state index is 0.282. The van der Waals surface area contributed by atoms with Crippen LogP contribution < -0.4 is 10.5 Å². The number of ether oxygens (including phenoxy) is 1. The number of anilines is 1. The van der Waals surface area contributed by atoms with Crippen molar-refractivity contribution in [2.24, 2.45) is 5.92 Å². The average Bonchev–Trinajstić information content (AvgIpc) is 2.73. The molecule has 1 aromatic carbocycles. The molecule has 1 heterocycles. The lowest BCUT2D eigenvalue weighted by Gasteiger charge is -2.05. The first kappa shape index (κ1) is 13.0. The fourth-order valence-electron chi connectivity index (χ4n) is 1.63. The predicted octanol–water partition coefficient (Wildman–Crippen LogP) is 2.36. The first-order valence-corrected chi connectivity index (χ1v) is 6.10. The van der Waals surface area contributed by atoms with E-state index in [0.717, 1.165) is 5.69 Å². The maximum atomic E-state index is 9.16. The number of benzene rings is 1. The van der Waals surface area contributed by atoms with Crippen LogP contribution in [-0.2, 0) is 0 Å². The number of nitrogens with zero attached hydrogens (tertiary/aromatic N) is 3. The second kappa shape index (κ2) is 5.44. The van der Waals surface area contributed by atoms with Crippen LogP contribution >= 0.6 is 0 Å². The number of nitriles is 1. The van der Waals surface area contributed by atoms with Crippen molar-refractivity contribution in [1.29, 1.82) is 5.26 Å². The van der Waals surface area contributed by atoms with E-state index in [0.29, 0.717) is 18.3 Å². The molecule has 0 fully saturated rings. The van der Waals surface area contributed by atoms with Crippen LogP contribution in [0, 0.1) is 17.2 Å². The van der Waals surface area contributed by atoms with Crippen molar-refractivity contribution in [2.75, 3.05) is 12.3 Å². The van der Waals surface area contributed by atoms with Crippen LogP contribution in [-0.4, -0.2) is 16.4 Å². The van der Waals surface area contributed by atoms with Crippen molar-refractivity contribution >= 4 is 5.82 Å². The van der Waals surface area contributed by atoms with Crippen LogP contribution in [0.25, 0.3) is 5.69 Å². The Kier molecular flexibility index (Phi) is 3.71. The van der Waals surface area contributed by atoms with Gasteiger partial charge < -0.3 is 10.5 Å². The Morgan fingerprint density at radius 1 is 1.37 bits per heavy atom. The Balaban J connectivity index is 2.40. The molecule has 0 radical (unpaired) electrons. The SMILES string of the molecule is CC(C)COc1nn(-c2ccccc2)c(N)c1C#N. The molecule has 19 heavy (non-hydrogen) atoms. The van der Waals surface area contributed by atoms with E-state index in [9.17, 15) is 0 Å². The van der Waals surface area contributed by atoms with E-state index < -0.39 is 0 Å². The fourth-order valence-corrected chi connectivity index (χ4v) is 1.63. The van der Waals surface area contributed by atoms with Gasteiger partial charge >= 0.3 is 0 Å².